The van der Waals surface area contributed by atoms with E-state index in [4.69, 9.17) is 9.88 Å². The number of piperidine rings is 1. The van der Waals surface area contributed by atoms with Crippen LogP contribution in [0.1, 0.15) is 29.9 Å². The molecule has 3 aromatic rings. The van der Waals surface area contributed by atoms with Crippen LogP contribution in [0.25, 0.3) is 10.9 Å². The number of aromatic amines is 1. The van der Waals surface area contributed by atoms with Gasteiger partial charge in [0.05, 0.1) is 18.6 Å². The maximum atomic E-state index is 13.0. The van der Waals surface area contributed by atoms with Gasteiger partial charge < -0.3 is 14.6 Å². The van der Waals surface area contributed by atoms with Crippen molar-refractivity contribution in [3.05, 3.63) is 53.7 Å². The van der Waals surface area contributed by atoms with Gasteiger partial charge in [0.1, 0.15) is 5.75 Å². The number of carbonyl (C=O) groups excluding carboxylic acids is 1. The third-order valence-electron chi connectivity index (χ3n) is 6.88. The number of methoxy groups -OCH3 is 1. The van der Waals surface area contributed by atoms with E-state index in [1.165, 1.54) is 17.0 Å². The van der Waals surface area contributed by atoms with E-state index in [1.807, 2.05) is 12.1 Å². The molecule has 9 heteroatoms. The van der Waals surface area contributed by atoms with E-state index in [0.29, 0.717) is 25.4 Å². The fraction of sp³-hybridized carbons (Fsp3) is 0.375. The summed E-state index contributed by atoms with van der Waals surface area (Å²) in [4.78, 5) is 20.5. The van der Waals surface area contributed by atoms with Gasteiger partial charge in [-0.25, -0.2) is 13.6 Å². The van der Waals surface area contributed by atoms with Gasteiger partial charge in [-0.3, -0.25) is 9.69 Å². The third-order valence-corrected chi connectivity index (χ3v) is 7.79. The largest absolute Gasteiger partial charge is 0.497 e. The summed E-state index contributed by atoms with van der Waals surface area (Å²) in [6, 6.07) is 10.8. The lowest BCUT2D eigenvalue weighted by Crippen LogP contribution is -2.42. The predicted molar refractivity (Wildman–Crippen MR) is 127 cm³/mol. The Balaban J connectivity index is 1.22. The van der Waals surface area contributed by atoms with Gasteiger partial charge in [0, 0.05) is 29.3 Å². The molecule has 33 heavy (non-hydrogen) atoms. The van der Waals surface area contributed by atoms with Gasteiger partial charge in [-0.1, -0.05) is 0 Å². The molecule has 174 valence electrons. The quantitative estimate of drug-likeness (QED) is 0.598. The summed E-state index contributed by atoms with van der Waals surface area (Å²) >= 11 is 0. The minimum atomic E-state index is -3.75. The Morgan fingerprint density at radius 1 is 1.15 bits per heavy atom. The van der Waals surface area contributed by atoms with Gasteiger partial charge in [0.15, 0.2) is 0 Å². The van der Waals surface area contributed by atoms with Gasteiger partial charge in [-0.2, -0.15) is 0 Å². The number of rotatable bonds is 5. The number of likely N-dealkylation sites (tertiary alicyclic amines) is 1. The summed E-state index contributed by atoms with van der Waals surface area (Å²) in [5.41, 5.74) is 4.06. The summed E-state index contributed by atoms with van der Waals surface area (Å²) < 4.78 is 28.6. The van der Waals surface area contributed by atoms with Crippen molar-refractivity contribution in [2.24, 2.45) is 5.14 Å². The number of nitrogens with two attached hydrogens (primary N) is 1. The lowest BCUT2D eigenvalue weighted by Gasteiger charge is -2.32. The average Bonchev–Trinajstić information content (AvgIpc) is 3.42. The van der Waals surface area contributed by atoms with Crippen LogP contribution in [-0.4, -0.2) is 57.5 Å². The Hall–Kier alpha value is -2.88. The van der Waals surface area contributed by atoms with Crippen LogP contribution in [0.5, 0.6) is 5.75 Å². The first-order valence-corrected chi connectivity index (χ1v) is 12.7. The Bertz CT molecular complexity index is 1310. The fourth-order valence-corrected chi connectivity index (χ4v) is 5.64. The van der Waals surface area contributed by atoms with E-state index in [9.17, 15) is 13.2 Å². The molecular weight excluding hydrogens is 440 g/mol. The molecule has 1 amide bonds. The summed E-state index contributed by atoms with van der Waals surface area (Å²) in [5, 5.41) is 6.44. The van der Waals surface area contributed by atoms with E-state index in [1.54, 1.807) is 24.1 Å². The van der Waals surface area contributed by atoms with E-state index in [-0.39, 0.29) is 10.8 Å². The number of ether oxygens (including phenoxy) is 1. The number of hydrogen-bond donors (Lipinski definition) is 2. The SMILES string of the molecule is COc1ccc2[nH]cc(C3CCN(CC(=O)N4CCc5cc(S(N)(=O)=O)ccc54)CC3)c2c1. The second kappa shape index (κ2) is 8.48. The first kappa shape index (κ1) is 21.9. The summed E-state index contributed by atoms with van der Waals surface area (Å²) in [6.45, 7) is 2.65. The molecule has 1 fully saturated rings. The number of anilines is 1. The second-order valence-corrected chi connectivity index (χ2v) is 10.4. The molecule has 2 aliphatic heterocycles. The summed E-state index contributed by atoms with van der Waals surface area (Å²) in [5.74, 6) is 1.35. The smallest absolute Gasteiger partial charge is 0.241 e. The molecule has 1 aromatic heterocycles. The molecule has 2 aromatic carbocycles. The number of primary sulfonamides is 1. The van der Waals surface area contributed by atoms with Crippen molar-refractivity contribution < 1.29 is 17.9 Å². The molecule has 0 aliphatic carbocycles. The molecule has 0 atom stereocenters. The van der Waals surface area contributed by atoms with Crippen molar-refractivity contribution in [3.63, 3.8) is 0 Å². The Morgan fingerprint density at radius 2 is 1.94 bits per heavy atom. The number of H-pyrrole nitrogens is 1. The minimum Gasteiger partial charge on any atom is -0.497 e. The molecule has 0 saturated carbocycles. The monoisotopic (exact) mass is 468 g/mol. The van der Waals surface area contributed by atoms with E-state index < -0.39 is 10.0 Å². The van der Waals surface area contributed by atoms with Gasteiger partial charge in [-0.15, -0.1) is 0 Å². The normalized spacial score (nSPS) is 17.5. The average molecular weight is 469 g/mol. The van der Waals surface area contributed by atoms with Crippen LogP contribution in [0.15, 0.2) is 47.5 Å². The number of hydrogen-bond acceptors (Lipinski definition) is 5. The van der Waals surface area contributed by atoms with Gasteiger partial charge in [0.25, 0.3) is 0 Å². The van der Waals surface area contributed by atoms with Gasteiger partial charge >= 0.3 is 0 Å². The number of benzene rings is 2. The molecule has 3 heterocycles. The Labute approximate surface area is 193 Å². The highest BCUT2D eigenvalue weighted by atomic mass is 32.2. The molecule has 5 rings (SSSR count). The lowest BCUT2D eigenvalue weighted by molar-refractivity contribution is -0.119. The van der Waals surface area contributed by atoms with E-state index >= 15 is 0 Å². The third kappa shape index (κ3) is 4.23. The minimum absolute atomic E-state index is 0.0485. The zero-order valence-corrected chi connectivity index (χ0v) is 19.4. The van der Waals surface area contributed by atoms with Crippen LogP contribution in [0.4, 0.5) is 5.69 Å². The maximum absolute atomic E-state index is 13.0. The number of sulfonamides is 1. The standard InChI is InChI=1S/C24H28N4O4S/c1-32-18-2-4-22-20(13-18)21(14-26-22)16-6-9-27(10-7-16)15-24(29)28-11-8-17-12-19(33(25,30)31)3-5-23(17)28/h2-5,12-14,16,26H,6-11,15H2,1H3,(H2,25,30,31). The molecule has 0 spiro atoms. The molecule has 1 saturated heterocycles. The molecule has 8 nitrogen and oxygen atoms in total. The number of amides is 1. The summed E-state index contributed by atoms with van der Waals surface area (Å²) in [6.07, 6.45) is 4.72. The van der Waals surface area contributed by atoms with Crippen LogP contribution in [0.2, 0.25) is 0 Å². The highest BCUT2D eigenvalue weighted by Gasteiger charge is 2.29. The van der Waals surface area contributed by atoms with Crippen molar-refractivity contribution >= 4 is 32.5 Å². The van der Waals surface area contributed by atoms with Crippen LogP contribution in [0, 0.1) is 0 Å². The van der Waals surface area contributed by atoms with Crippen LogP contribution >= 0.6 is 0 Å². The number of carbonyl (C=O) groups is 1. The van der Waals surface area contributed by atoms with E-state index in [0.717, 1.165) is 48.4 Å². The topological polar surface area (TPSA) is 109 Å². The van der Waals surface area contributed by atoms with E-state index in [2.05, 4.69) is 22.1 Å². The Kier molecular flexibility index (Phi) is 5.64. The van der Waals surface area contributed by atoms with Crippen LogP contribution in [-0.2, 0) is 21.2 Å². The van der Waals surface area contributed by atoms with Gasteiger partial charge in [-0.05, 0) is 85.8 Å². The first-order valence-electron chi connectivity index (χ1n) is 11.2. The van der Waals surface area contributed by atoms with Crippen molar-refractivity contribution in [2.45, 2.75) is 30.1 Å². The molecular formula is C24H28N4O4S. The lowest BCUT2D eigenvalue weighted by atomic mass is 9.89. The number of fused-ring (bicyclic) bond motifs is 2. The molecule has 0 unspecified atom stereocenters. The Morgan fingerprint density at radius 3 is 2.67 bits per heavy atom. The molecule has 2 aliphatic rings. The first-order chi connectivity index (χ1) is 15.8. The number of nitrogens with one attached hydrogen (secondary N) is 1. The second-order valence-electron chi connectivity index (χ2n) is 8.84. The zero-order chi connectivity index (χ0) is 23.2. The number of aromatic nitrogens is 1. The predicted octanol–water partition coefficient (Wildman–Crippen LogP) is 2.59. The van der Waals surface area contributed by atoms with Gasteiger partial charge in [0.2, 0.25) is 15.9 Å². The molecule has 0 bridgehead atoms. The maximum Gasteiger partial charge on any atom is 0.241 e. The summed E-state index contributed by atoms with van der Waals surface area (Å²) in [7, 11) is -2.07. The molecule has 3 N–H and O–H groups in total. The number of nitrogens with zero attached hydrogens (tertiary/aromatic N) is 2. The highest BCUT2D eigenvalue weighted by Crippen LogP contribution is 2.35. The molecule has 0 radical (unpaired) electrons. The highest BCUT2D eigenvalue weighted by molar-refractivity contribution is 7.89. The van der Waals surface area contributed by atoms with Crippen molar-refractivity contribution in [3.8, 4) is 5.75 Å². The fourth-order valence-electron chi connectivity index (χ4n) is 5.08. The van der Waals surface area contributed by atoms with Crippen molar-refractivity contribution in [1.29, 1.82) is 0 Å². The van der Waals surface area contributed by atoms with Crippen molar-refractivity contribution in [1.82, 2.24) is 9.88 Å². The zero-order valence-electron chi connectivity index (χ0n) is 18.6. The van der Waals surface area contributed by atoms with Crippen LogP contribution in [0.3, 0.4) is 0 Å². The van der Waals surface area contributed by atoms with Crippen molar-refractivity contribution in [2.75, 3.05) is 38.2 Å². The van der Waals surface area contributed by atoms with Crippen LogP contribution < -0.4 is 14.8 Å².